The Morgan fingerprint density at radius 1 is 0.520 bits per heavy atom. The van der Waals surface area contributed by atoms with Crippen LogP contribution in [0, 0.1) is 12.3 Å². The van der Waals surface area contributed by atoms with Gasteiger partial charge in [-0.1, -0.05) is 157 Å². The molecule has 0 radical (unpaired) electrons. The minimum atomic E-state index is 0.0854. The minimum absolute atomic E-state index is 0.0854. The fraction of sp³-hybridized carbons (Fsp3) is 0.347. The Morgan fingerprint density at radius 3 is 1.82 bits per heavy atom. The monoisotopic (exact) mass is 655 g/mol. The maximum Gasteiger partial charge on any atom is 0.0541 e. The molecule has 0 N–H and O–H groups in total. The van der Waals surface area contributed by atoms with Crippen molar-refractivity contribution in [3.8, 4) is 40.3 Å². The molecule has 50 heavy (non-hydrogen) atoms. The zero-order valence-corrected chi connectivity index (χ0v) is 30.3. The Morgan fingerprint density at radius 2 is 1.10 bits per heavy atom. The van der Waals surface area contributed by atoms with Crippen molar-refractivity contribution in [3.05, 3.63) is 126 Å². The first kappa shape index (κ1) is 33.9. The summed E-state index contributed by atoms with van der Waals surface area (Å²) >= 11 is 0. The van der Waals surface area contributed by atoms with Crippen molar-refractivity contribution in [2.24, 2.45) is 0 Å². The van der Waals surface area contributed by atoms with E-state index >= 15 is 0 Å². The summed E-state index contributed by atoms with van der Waals surface area (Å²) in [5, 5.41) is 2.56. The van der Waals surface area contributed by atoms with E-state index in [4.69, 9.17) is 6.42 Å². The van der Waals surface area contributed by atoms with Gasteiger partial charge in [0.25, 0.3) is 0 Å². The zero-order valence-electron chi connectivity index (χ0n) is 30.3. The van der Waals surface area contributed by atoms with Crippen molar-refractivity contribution in [2.45, 2.75) is 109 Å². The van der Waals surface area contributed by atoms with E-state index in [0.717, 1.165) is 11.3 Å². The van der Waals surface area contributed by atoms with E-state index in [1.54, 1.807) is 11.1 Å². The normalized spacial score (nSPS) is 13.1. The molecule has 1 aliphatic carbocycles. The standard InChI is InChI=1S/C49H53N/c1-4-7-9-11-13-19-33-49(34-20-14-12-10-8-5-2)45-23-17-15-21-41(45)42-31-27-39(36-46(42)49)38-28-32-48-44(35-38)43-22-16-18-24-47(43)50(48)40-29-25-37(6-3)26-30-40/h3,15-18,21-32,35-36H,4-5,7-14,19-20,33-34H2,1-2H3. The highest BCUT2D eigenvalue weighted by Crippen LogP contribution is 2.55. The number of fused-ring (bicyclic) bond motifs is 6. The largest absolute Gasteiger partial charge is 0.309 e. The van der Waals surface area contributed by atoms with Crippen molar-refractivity contribution in [1.82, 2.24) is 4.57 Å². The highest BCUT2D eigenvalue weighted by atomic mass is 15.0. The van der Waals surface area contributed by atoms with E-state index in [0.29, 0.717) is 0 Å². The number of benzene rings is 5. The first-order chi connectivity index (χ1) is 24.7. The number of aromatic nitrogens is 1. The Labute approximate surface area is 300 Å². The summed E-state index contributed by atoms with van der Waals surface area (Å²) in [7, 11) is 0. The molecule has 0 atom stereocenters. The third-order valence-electron chi connectivity index (χ3n) is 11.5. The summed E-state index contributed by atoms with van der Waals surface area (Å²) < 4.78 is 2.38. The van der Waals surface area contributed by atoms with Crippen LogP contribution in [0.5, 0.6) is 0 Å². The van der Waals surface area contributed by atoms with E-state index in [9.17, 15) is 0 Å². The van der Waals surface area contributed by atoms with E-state index in [1.165, 1.54) is 134 Å². The molecule has 1 heterocycles. The highest BCUT2D eigenvalue weighted by molar-refractivity contribution is 6.10. The molecule has 0 bridgehead atoms. The number of rotatable bonds is 16. The number of hydrogen-bond donors (Lipinski definition) is 0. The van der Waals surface area contributed by atoms with Gasteiger partial charge in [0.15, 0.2) is 0 Å². The van der Waals surface area contributed by atoms with E-state index in [2.05, 4.69) is 121 Å². The highest BCUT2D eigenvalue weighted by Gasteiger charge is 2.42. The fourth-order valence-electron chi connectivity index (χ4n) is 8.85. The number of para-hydroxylation sites is 1. The molecule has 0 fully saturated rings. The number of unbranched alkanes of at least 4 members (excludes halogenated alkanes) is 10. The van der Waals surface area contributed by atoms with Crippen LogP contribution in [0.3, 0.4) is 0 Å². The summed E-state index contributed by atoms with van der Waals surface area (Å²) in [5.41, 5.74) is 13.2. The topological polar surface area (TPSA) is 4.93 Å². The van der Waals surface area contributed by atoms with Gasteiger partial charge in [-0.15, -0.1) is 6.42 Å². The lowest BCUT2D eigenvalue weighted by atomic mass is 9.70. The summed E-state index contributed by atoms with van der Waals surface area (Å²) in [4.78, 5) is 0. The molecular formula is C49H53N. The van der Waals surface area contributed by atoms with Crippen molar-refractivity contribution in [3.63, 3.8) is 0 Å². The molecule has 0 saturated carbocycles. The molecule has 0 spiro atoms. The number of terminal acetylenes is 1. The van der Waals surface area contributed by atoms with Crippen LogP contribution in [-0.2, 0) is 5.41 Å². The van der Waals surface area contributed by atoms with Crippen molar-refractivity contribution >= 4 is 21.8 Å². The van der Waals surface area contributed by atoms with Crippen LogP contribution in [0.15, 0.2) is 109 Å². The summed E-state index contributed by atoms with van der Waals surface area (Å²) in [5.74, 6) is 2.76. The van der Waals surface area contributed by atoms with Gasteiger partial charge in [-0.2, -0.15) is 0 Å². The van der Waals surface area contributed by atoms with Gasteiger partial charge < -0.3 is 4.57 Å². The second-order valence-electron chi connectivity index (χ2n) is 14.7. The zero-order chi connectivity index (χ0) is 34.3. The molecule has 1 nitrogen and oxygen atoms in total. The average Bonchev–Trinajstić information content (AvgIpc) is 3.64. The first-order valence-electron chi connectivity index (χ1n) is 19.5. The number of hydrogen-bond acceptors (Lipinski definition) is 0. The maximum absolute atomic E-state index is 5.68. The molecule has 0 unspecified atom stereocenters. The molecule has 1 aliphatic rings. The van der Waals surface area contributed by atoms with E-state index in [1.807, 2.05) is 12.1 Å². The van der Waals surface area contributed by atoms with Crippen LogP contribution in [0.4, 0.5) is 0 Å². The predicted molar refractivity (Wildman–Crippen MR) is 216 cm³/mol. The third-order valence-corrected chi connectivity index (χ3v) is 11.5. The molecule has 5 aromatic carbocycles. The van der Waals surface area contributed by atoms with E-state index < -0.39 is 0 Å². The SMILES string of the molecule is C#Cc1ccc(-n2c3ccccc3c3cc(-c4ccc5c(c4)C(CCCCCCCC)(CCCCCCCC)c4ccccc4-5)ccc32)cc1. The summed E-state index contributed by atoms with van der Waals surface area (Å²) in [6.07, 6.45) is 24.2. The molecule has 1 aromatic heterocycles. The van der Waals surface area contributed by atoms with Gasteiger partial charge in [0.1, 0.15) is 0 Å². The first-order valence-corrected chi connectivity index (χ1v) is 19.5. The van der Waals surface area contributed by atoms with Gasteiger partial charge in [-0.25, -0.2) is 0 Å². The molecule has 7 rings (SSSR count). The predicted octanol–water partition coefficient (Wildman–Crippen LogP) is 14.2. The van der Waals surface area contributed by atoms with Crippen LogP contribution in [0.2, 0.25) is 0 Å². The summed E-state index contributed by atoms with van der Waals surface area (Å²) in [6, 6.07) is 41.0. The van der Waals surface area contributed by atoms with Gasteiger partial charge in [0, 0.05) is 27.4 Å². The van der Waals surface area contributed by atoms with E-state index in [-0.39, 0.29) is 5.41 Å². The molecule has 6 aromatic rings. The molecule has 1 heteroatoms. The van der Waals surface area contributed by atoms with Crippen LogP contribution in [-0.4, -0.2) is 4.57 Å². The summed E-state index contributed by atoms with van der Waals surface area (Å²) in [6.45, 7) is 4.63. The molecule has 254 valence electrons. The van der Waals surface area contributed by atoms with Crippen molar-refractivity contribution in [2.75, 3.05) is 0 Å². The lowest BCUT2D eigenvalue weighted by molar-refractivity contribution is 0.398. The fourth-order valence-corrected chi connectivity index (χ4v) is 8.85. The quantitative estimate of drug-likeness (QED) is 0.0722. The Bertz CT molecular complexity index is 2080. The number of nitrogens with zero attached hydrogens (tertiary/aromatic N) is 1. The van der Waals surface area contributed by atoms with Crippen molar-refractivity contribution in [1.29, 1.82) is 0 Å². The smallest absolute Gasteiger partial charge is 0.0541 e. The van der Waals surface area contributed by atoms with Gasteiger partial charge in [0.05, 0.1) is 11.0 Å². The van der Waals surface area contributed by atoms with Gasteiger partial charge in [-0.05, 0) is 94.8 Å². The van der Waals surface area contributed by atoms with Gasteiger partial charge in [-0.3, -0.25) is 0 Å². The van der Waals surface area contributed by atoms with Crippen LogP contribution < -0.4 is 0 Å². The minimum Gasteiger partial charge on any atom is -0.309 e. The third kappa shape index (κ3) is 6.54. The van der Waals surface area contributed by atoms with Crippen LogP contribution in [0.1, 0.15) is 120 Å². The van der Waals surface area contributed by atoms with Crippen molar-refractivity contribution < 1.29 is 0 Å². The molecule has 0 aliphatic heterocycles. The average molecular weight is 656 g/mol. The second-order valence-corrected chi connectivity index (χ2v) is 14.7. The molecule has 0 amide bonds. The lowest BCUT2D eigenvalue weighted by Gasteiger charge is -2.33. The Kier molecular flexibility index (Phi) is 10.6. The Balaban J connectivity index is 1.29. The van der Waals surface area contributed by atoms with Gasteiger partial charge in [0.2, 0.25) is 0 Å². The van der Waals surface area contributed by atoms with Crippen LogP contribution in [0.25, 0.3) is 49.7 Å². The van der Waals surface area contributed by atoms with Gasteiger partial charge >= 0.3 is 0 Å². The Hall–Kier alpha value is -4.54. The molecule has 0 saturated heterocycles. The second kappa shape index (κ2) is 15.6. The lowest BCUT2D eigenvalue weighted by Crippen LogP contribution is -2.25. The maximum atomic E-state index is 5.68. The van der Waals surface area contributed by atoms with Crippen LogP contribution >= 0.6 is 0 Å². The molecular weight excluding hydrogens is 603 g/mol.